The molecule has 0 atom stereocenters. The molecular formula is C14H18N4OS. The summed E-state index contributed by atoms with van der Waals surface area (Å²) >= 11 is 5.14. The molecule has 0 amide bonds. The topological polar surface area (TPSA) is 68.2 Å². The first-order valence-electron chi connectivity index (χ1n) is 6.30. The SMILES string of the molecule is Cc1ccc(CN(C)c2nnc(C)c(C)c2C(N)=S)o1. The molecule has 2 N–H and O–H groups in total. The lowest BCUT2D eigenvalue weighted by Gasteiger charge is -2.21. The van der Waals surface area contributed by atoms with Crippen molar-refractivity contribution in [2.75, 3.05) is 11.9 Å². The second kappa shape index (κ2) is 5.58. The van der Waals surface area contributed by atoms with Crippen LogP contribution in [0.25, 0.3) is 0 Å². The Morgan fingerprint density at radius 1 is 1.30 bits per heavy atom. The van der Waals surface area contributed by atoms with Gasteiger partial charge in [0.15, 0.2) is 5.82 Å². The van der Waals surface area contributed by atoms with Crippen LogP contribution in [0, 0.1) is 20.8 Å². The van der Waals surface area contributed by atoms with Gasteiger partial charge in [-0.05, 0) is 38.5 Å². The molecule has 2 aromatic heterocycles. The first kappa shape index (κ1) is 14.5. The number of hydrogen-bond donors (Lipinski definition) is 1. The number of thiocarbonyl (C=S) groups is 1. The van der Waals surface area contributed by atoms with Crippen molar-refractivity contribution in [3.8, 4) is 0 Å². The molecule has 20 heavy (non-hydrogen) atoms. The molecule has 0 radical (unpaired) electrons. The van der Waals surface area contributed by atoms with Gasteiger partial charge in [0, 0.05) is 7.05 Å². The van der Waals surface area contributed by atoms with E-state index in [0.29, 0.717) is 17.4 Å². The van der Waals surface area contributed by atoms with Crippen LogP contribution in [0.1, 0.15) is 28.3 Å². The Hall–Kier alpha value is -1.95. The van der Waals surface area contributed by atoms with E-state index in [0.717, 1.165) is 28.3 Å². The van der Waals surface area contributed by atoms with Crippen LogP contribution in [0.2, 0.25) is 0 Å². The molecule has 0 aliphatic carbocycles. The maximum atomic E-state index is 5.83. The monoisotopic (exact) mass is 290 g/mol. The van der Waals surface area contributed by atoms with Crippen LogP contribution in [0.5, 0.6) is 0 Å². The third-order valence-corrected chi connectivity index (χ3v) is 3.44. The normalized spacial score (nSPS) is 10.6. The highest BCUT2D eigenvalue weighted by atomic mass is 32.1. The maximum absolute atomic E-state index is 5.83. The summed E-state index contributed by atoms with van der Waals surface area (Å²) in [5.41, 5.74) is 8.40. The number of anilines is 1. The van der Waals surface area contributed by atoms with E-state index in [9.17, 15) is 0 Å². The zero-order valence-electron chi connectivity index (χ0n) is 12.1. The molecule has 0 aliphatic heterocycles. The van der Waals surface area contributed by atoms with Gasteiger partial charge in [-0.3, -0.25) is 0 Å². The fourth-order valence-corrected chi connectivity index (χ4v) is 2.28. The van der Waals surface area contributed by atoms with E-state index in [-0.39, 0.29) is 0 Å². The Morgan fingerprint density at radius 3 is 2.55 bits per heavy atom. The number of furan rings is 1. The zero-order chi connectivity index (χ0) is 14.9. The van der Waals surface area contributed by atoms with Crippen LogP contribution >= 0.6 is 12.2 Å². The molecule has 0 spiro atoms. The quantitative estimate of drug-likeness (QED) is 0.871. The second-order valence-electron chi connectivity index (χ2n) is 4.84. The molecule has 0 fully saturated rings. The first-order valence-corrected chi connectivity index (χ1v) is 6.71. The zero-order valence-corrected chi connectivity index (χ0v) is 12.9. The third kappa shape index (κ3) is 2.80. The predicted molar refractivity (Wildman–Crippen MR) is 82.9 cm³/mol. The molecule has 0 bridgehead atoms. The van der Waals surface area contributed by atoms with E-state index in [1.54, 1.807) is 0 Å². The molecule has 2 aromatic rings. The highest BCUT2D eigenvalue weighted by molar-refractivity contribution is 7.80. The molecule has 0 saturated heterocycles. The van der Waals surface area contributed by atoms with E-state index >= 15 is 0 Å². The van der Waals surface area contributed by atoms with Gasteiger partial charge in [0.25, 0.3) is 0 Å². The summed E-state index contributed by atoms with van der Waals surface area (Å²) in [6.07, 6.45) is 0. The van der Waals surface area contributed by atoms with E-state index in [1.165, 1.54) is 0 Å². The lowest BCUT2D eigenvalue weighted by Crippen LogP contribution is -2.24. The summed E-state index contributed by atoms with van der Waals surface area (Å²) < 4.78 is 5.58. The van der Waals surface area contributed by atoms with Gasteiger partial charge >= 0.3 is 0 Å². The number of nitrogens with two attached hydrogens (primary N) is 1. The van der Waals surface area contributed by atoms with Gasteiger partial charge in [-0.15, -0.1) is 5.10 Å². The van der Waals surface area contributed by atoms with Crippen LogP contribution < -0.4 is 10.6 Å². The van der Waals surface area contributed by atoms with Crippen LogP contribution in [0.3, 0.4) is 0 Å². The van der Waals surface area contributed by atoms with E-state index in [1.807, 2.05) is 44.9 Å². The Bertz CT molecular complexity index is 651. The van der Waals surface area contributed by atoms with Gasteiger partial charge in [-0.2, -0.15) is 5.10 Å². The van der Waals surface area contributed by atoms with Crippen molar-refractivity contribution in [1.29, 1.82) is 0 Å². The van der Waals surface area contributed by atoms with Crippen molar-refractivity contribution < 1.29 is 4.42 Å². The minimum absolute atomic E-state index is 0.331. The van der Waals surface area contributed by atoms with Crippen molar-refractivity contribution in [3.05, 3.63) is 40.5 Å². The fraction of sp³-hybridized carbons (Fsp3) is 0.357. The largest absolute Gasteiger partial charge is 0.464 e. The number of hydrogen-bond acceptors (Lipinski definition) is 5. The van der Waals surface area contributed by atoms with Crippen LogP contribution in [0.4, 0.5) is 5.82 Å². The number of aryl methyl sites for hydroxylation is 2. The van der Waals surface area contributed by atoms with Gasteiger partial charge in [-0.1, -0.05) is 12.2 Å². The van der Waals surface area contributed by atoms with Crippen molar-refractivity contribution in [2.45, 2.75) is 27.3 Å². The minimum atomic E-state index is 0.331. The van der Waals surface area contributed by atoms with Crippen molar-refractivity contribution >= 4 is 23.0 Å². The van der Waals surface area contributed by atoms with Gasteiger partial charge < -0.3 is 15.1 Å². The molecule has 0 aromatic carbocycles. The van der Waals surface area contributed by atoms with Crippen LogP contribution in [-0.4, -0.2) is 22.2 Å². The molecule has 5 nitrogen and oxygen atoms in total. The average molecular weight is 290 g/mol. The van der Waals surface area contributed by atoms with Gasteiger partial charge in [0.2, 0.25) is 0 Å². The number of rotatable bonds is 4. The highest BCUT2D eigenvalue weighted by Crippen LogP contribution is 2.23. The maximum Gasteiger partial charge on any atom is 0.161 e. The van der Waals surface area contributed by atoms with Gasteiger partial charge in [0.05, 0.1) is 17.8 Å². The fourth-order valence-electron chi connectivity index (χ4n) is 2.04. The Morgan fingerprint density at radius 2 is 2.00 bits per heavy atom. The summed E-state index contributed by atoms with van der Waals surface area (Å²) in [5.74, 6) is 2.42. The summed E-state index contributed by atoms with van der Waals surface area (Å²) in [6.45, 7) is 6.34. The minimum Gasteiger partial charge on any atom is -0.464 e. The number of aromatic nitrogens is 2. The first-order chi connectivity index (χ1) is 9.40. The molecule has 0 unspecified atom stereocenters. The smallest absolute Gasteiger partial charge is 0.161 e. The molecule has 2 rings (SSSR count). The molecule has 0 saturated carbocycles. The molecular weight excluding hydrogens is 272 g/mol. The Kier molecular flexibility index (Phi) is 4.04. The summed E-state index contributed by atoms with van der Waals surface area (Å²) in [5, 5.41) is 8.38. The number of nitrogens with zero attached hydrogens (tertiary/aromatic N) is 3. The van der Waals surface area contributed by atoms with Gasteiger partial charge in [-0.25, -0.2) is 0 Å². The molecule has 6 heteroatoms. The third-order valence-electron chi connectivity index (χ3n) is 3.23. The van der Waals surface area contributed by atoms with E-state index in [2.05, 4.69) is 10.2 Å². The van der Waals surface area contributed by atoms with Crippen molar-refractivity contribution in [3.63, 3.8) is 0 Å². The van der Waals surface area contributed by atoms with Gasteiger partial charge in [0.1, 0.15) is 16.5 Å². The lowest BCUT2D eigenvalue weighted by molar-refractivity contribution is 0.481. The second-order valence-corrected chi connectivity index (χ2v) is 5.28. The van der Waals surface area contributed by atoms with Crippen molar-refractivity contribution in [1.82, 2.24) is 10.2 Å². The Balaban J connectivity index is 2.36. The van der Waals surface area contributed by atoms with Crippen LogP contribution in [-0.2, 0) is 6.54 Å². The summed E-state index contributed by atoms with van der Waals surface area (Å²) in [7, 11) is 1.92. The van der Waals surface area contributed by atoms with Crippen LogP contribution in [0.15, 0.2) is 16.5 Å². The lowest BCUT2D eigenvalue weighted by atomic mass is 10.1. The average Bonchev–Trinajstić information content (AvgIpc) is 2.77. The molecule has 2 heterocycles. The Labute approximate surface area is 123 Å². The summed E-state index contributed by atoms with van der Waals surface area (Å²) in [4.78, 5) is 2.27. The summed E-state index contributed by atoms with van der Waals surface area (Å²) in [6, 6.07) is 3.88. The van der Waals surface area contributed by atoms with Crippen molar-refractivity contribution in [2.24, 2.45) is 5.73 Å². The highest BCUT2D eigenvalue weighted by Gasteiger charge is 2.17. The molecule has 0 aliphatic rings. The molecule has 106 valence electrons. The standard InChI is InChI=1S/C14H18N4OS/c1-8-5-6-11(19-8)7-18(4)14-12(13(15)20)9(2)10(3)16-17-14/h5-6H,7H2,1-4H3,(H2,15,20). The van der Waals surface area contributed by atoms with E-state index in [4.69, 9.17) is 22.4 Å². The predicted octanol–water partition coefficient (Wildman–Crippen LogP) is 2.27. The van der Waals surface area contributed by atoms with E-state index < -0.39 is 0 Å².